The highest BCUT2D eigenvalue weighted by atomic mass is 16.3. The number of carbonyl (C=O) groups is 3. The van der Waals surface area contributed by atoms with Crippen LogP contribution in [-0.2, 0) is 22.6 Å². The highest BCUT2D eigenvalue weighted by Gasteiger charge is 2.63. The molecule has 1 amide bonds. The standard InChI is InChI=1S/C29H33N5O7/c1-33(2)17-11-14(12-32-18-7-5-6-8-31-18)23(35)20-15(17)9-13-10-16-22(34(3)4)25(37)21(28(30)40)27(39)29(16,41)26(38)19(13)24(20)36/h5-8,11,13,16,22,35,37-38,41H,9-10,12H2,1-4H3,(H2,30,40)(H,31,32)/t13-,16-,22-,29-/m0/s1. The SMILES string of the molecule is CN(C)c1cc(CNc2ccccn2)c(O)c2c1C[C@H]1C[C@H]3[C@H](N(C)C)C(O)=C(C(N)=O)C(=O)[C@@]3(O)C(O)=C1C2=O. The monoisotopic (exact) mass is 563 g/mol. The molecule has 1 heterocycles. The number of benzene rings is 1. The summed E-state index contributed by atoms with van der Waals surface area (Å²) in [6.07, 6.45) is 1.86. The number of amides is 1. The number of pyridine rings is 1. The molecule has 12 nitrogen and oxygen atoms in total. The largest absolute Gasteiger partial charge is 0.510 e. The Balaban J connectivity index is 1.66. The van der Waals surface area contributed by atoms with Gasteiger partial charge in [-0.15, -0.1) is 0 Å². The van der Waals surface area contributed by atoms with Crippen molar-refractivity contribution < 1.29 is 34.8 Å². The zero-order valence-electron chi connectivity index (χ0n) is 23.2. The van der Waals surface area contributed by atoms with Gasteiger partial charge in [-0.1, -0.05) is 6.07 Å². The van der Waals surface area contributed by atoms with Gasteiger partial charge in [-0.2, -0.15) is 0 Å². The van der Waals surface area contributed by atoms with Crippen LogP contribution in [0.15, 0.2) is 53.1 Å². The second kappa shape index (κ2) is 9.89. The summed E-state index contributed by atoms with van der Waals surface area (Å²) in [7, 11) is 6.81. The number of nitrogens with one attached hydrogen (secondary N) is 1. The molecular formula is C29H33N5O7. The number of Topliss-reactive ketones (excluding diaryl/α,β-unsaturated/α-hetero) is 2. The second-order valence-electron chi connectivity index (χ2n) is 11.2. The maximum absolute atomic E-state index is 14.1. The number of nitrogens with zero attached hydrogens (tertiary/aromatic N) is 3. The molecule has 5 rings (SSSR count). The van der Waals surface area contributed by atoms with Crippen molar-refractivity contribution in [3.8, 4) is 5.75 Å². The number of allylic oxidation sites excluding steroid dienone is 1. The van der Waals surface area contributed by atoms with Gasteiger partial charge >= 0.3 is 0 Å². The molecule has 12 heteroatoms. The van der Waals surface area contributed by atoms with Crippen molar-refractivity contribution in [1.29, 1.82) is 0 Å². The quantitative estimate of drug-likeness (QED) is 0.277. The van der Waals surface area contributed by atoms with E-state index in [1.54, 1.807) is 44.6 Å². The van der Waals surface area contributed by atoms with Crippen LogP contribution in [0, 0.1) is 11.8 Å². The molecule has 0 bridgehead atoms. The molecule has 0 saturated carbocycles. The number of hydrogen-bond donors (Lipinski definition) is 6. The molecule has 7 N–H and O–H groups in total. The predicted octanol–water partition coefficient (Wildman–Crippen LogP) is 1.19. The second-order valence-corrected chi connectivity index (χ2v) is 11.2. The van der Waals surface area contributed by atoms with Gasteiger partial charge in [0, 0.05) is 49.6 Å². The highest BCUT2D eigenvalue weighted by Crippen LogP contribution is 2.53. The van der Waals surface area contributed by atoms with Crippen molar-refractivity contribution in [1.82, 2.24) is 9.88 Å². The van der Waals surface area contributed by atoms with Crippen LogP contribution in [0.1, 0.15) is 27.9 Å². The van der Waals surface area contributed by atoms with Crippen molar-refractivity contribution in [2.75, 3.05) is 38.4 Å². The summed E-state index contributed by atoms with van der Waals surface area (Å²) < 4.78 is 0. The van der Waals surface area contributed by atoms with Gasteiger partial charge < -0.3 is 36.4 Å². The van der Waals surface area contributed by atoms with Crippen LogP contribution in [0.4, 0.5) is 11.5 Å². The van der Waals surface area contributed by atoms with Gasteiger partial charge in [-0.05, 0) is 56.6 Å². The van der Waals surface area contributed by atoms with E-state index < -0.39 is 58.0 Å². The van der Waals surface area contributed by atoms with E-state index in [4.69, 9.17) is 5.73 Å². The summed E-state index contributed by atoms with van der Waals surface area (Å²) >= 11 is 0. The Morgan fingerprint density at radius 3 is 2.46 bits per heavy atom. The molecule has 0 spiro atoms. The third kappa shape index (κ3) is 4.13. The Bertz CT molecular complexity index is 1530. The lowest BCUT2D eigenvalue weighted by atomic mass is 9.58. The number of hydrogen-bond acceptors (Lipinski definition) is 11. The van der Waals surface area contributed by atoms with E-state index in [1.807, 2.05) is 19.0 Å². The number of carbonyl (C=O) groups excluding carboxylic acids is 3. The Morgan fingerprint density at radius 2 is 1.88 bits per heavy atom. The molecule has 2 aromatic rings. The number of nitrogens with two attached hydrogens (primary N) is 1. The van der Waals surface area contributed by atoms with Gasteiger partial charge in [0.05, 0.1) is 11.6 Å². The summed E-state index contributed by atoms with van der Waals surface area (Å²) in [6, 6.07) is 6.08. The third-order valence-corrected chi connectivity index (χ3v) is 8.38. The van der Waals surface area contributed by atoms with Gasteiger partial charge in [-0.3, -0.25) is 19.3 Å². The molecule has 0 saturated heterocycles. The molecule has 0 radical (unpaired) electrons. The van der Waals surface area contributed by atoms with E-state index in [0.717, 1.165) is 0 Å². The van der Waals surface area contributed by atoms with Gasteiger partial charge in [0.1, 0.15) is 28.7 Å². The van der Waals surface area contributed by atoms with Crippen molar-refractivity contribution in [3.05, 3.63) is 69.8 Å². The zero-order valence-corrected chi connectivity index (χ0v) is 23.2. The fourth-order valence-electron chi connectivity index (χ4n) is 6.54. The highest BCUT2D eigenvalue weighted by molar-refractivity contribution is 6.25. The van der Waals surface area contributed by atoms with Gasteiger partial charge in [-0.25, -0.2) is 4.98 Å². The number of primary amides is 1. The smallest absolute Gasteiger partial charge is 0.255 e. The van der Waals surface area contributed by atoms with Crippen LogP contribution in [0.3, 0.4) is 0 Å². The molecule has 3 aliphatic rings. The average Bonchev–Trinajstić information content (AvgIpc) is 2.90. The molecule has 0 aliphatic heterocycles. The van der Waals surface area contributed by atoms with Crippen molar-refractivity contribution in [2.45, 2.75) is 31.0 Å². The fraction of sp³-hybridized carbons (Fsp3) is 0.379. The Morgan fingerprint density at radius 1 is 1.17 bits per heavy atom. The lowest BCUT2D eigenvalue weighted by molar-refractivity contribution is -0.148. The summed E-state index contributed by atoms with van der Waals surface area (Å²) in [5.41, 5.74) is 3.31. The lowest BCUT2D eigenvalue weighted by Gasteiger charge is -2.50. The number of aromatic nitrogens is 1. The molecule has 1 aromatic carbocycles. The van der Waals surface area contributed by atoms with Crippen molar-refractivity contribution >= 4 is 29.0 Å². The summed E-state index contributed by atoms with van der Waals surface area (Å²) in [5.74, 6) is -6.18. The molecule has 41 heavy (non-hydrogen) atoms. The minimum absolute atomic E-state index is 0.0301. The molecule has 216 valence electrons. The number of aromatic hydroxyl groups is 1. The first-order valence-electron chi connectivity index (χ1n) is 13.1. The molecule has 3 aliphatic carbocycles. The minimum Gasteiger partial charge on any atom is -0.510 e. The Hall–Kier alpha value is -4.42. The number of anilines is 2. The summed E-state index contributed by atoms with van der Waals surface area (Å²) in [4.78, 5) is 47.3. The van der Waals surface area contributed by atoms with E-state index in [1.165, 1.54) is 4.90 Å². The van der Waals surface area contributed by atoms with Gasteiger partial charge in [0.2, 0.25) is 5.78 Å². The minimum atomic E-state index is -2.68. The van der Waals surface area contributed by atoms with E-state index in [2.05, 4.69) is 10.3 Å². The van der Waals surface area contributed by atoms with Crippen LogP contribution in [0.5, 0.6) is 5.75 Å². The van der Waals surface area contributed by atoms with E-state index >= 15 is 0 Å². The zero-order chi connectivity index (χ0) is 30.0. The van der Waals surface area contributed by atoms with Crippen molar-refractivity contribution in [3.63, 3.8) is 0 Å². The number of phenolic OH excluding ortho intramolecular Hbond substituents is 1. The molecule has 0 unspecified atom stereocenters. The summed E-state index contributed by atoms with van der Waals surface area (Å²) in [5, 5.41) is 48.6. The van der Waals surface area contributed by atoms with E-state index in [9.17, 15) is 34.8 Å². The first-order chi connectivity index (χ1) is 19.3. The number of rotatable bonds is 6. The number of fused-ring (bicyclic) bond motifs is 3. The first kappa shape index (κ1) is 28.1. The maximum atomic E-state index is 14.1. The van der Waals surface area contributed by atoms with Gasteiger partial charge in [0.25, 0.3) is 5.91 Å². The number of phenols is 1. The number of ketones is 2. The molecule has 0 fully saturated rings. The third-order valence-electron chi connectivity index (χ3n) is 8.38. The molecular weight excluding hydrogens is 530 g/mol. The fourth-order valence-corrected chi connectivity index (χ4v) is 6.54. The van der Waals surface area contributed by atoms with Crippen LogP contribution in [-0.4, -0.2) is 87.6 Å². The Kier molecular flexibility index (Phi) is 6.79. The lowest BCUT2D eigenvalue weighted by Crippen LogP contribution is -2.63. The first-order valence-corrected chi connectivity index (χ1v) is 13.1. The Labute approximate surface area is 236 Å². The van der Waals surface area contributed by atoms with Crippen molar-refractivity contribution in [2.24, 2.45) is 17.6 Å². The molecule has 4 atom stereocenters. The van der Waals surface area contributed by atoms with E-state index in [0.29, 0.717) is 22.6 Å². The van der Waals surface area contributed by atoms with Crippen LogP contribution in [0.25, 0.3) is 0 Å². The predicted molar refractivity (Wildman–Crippen MR) is 150 cm³/mol. The maximum Gasteiger partial charge on any atom is 0.255 e. The van der Waals surface area contributed by atoms with Gasteiger partial charge in [0.15, 0.2) is 11.4 Å². The topological polar surface area (TPSA) is 190 Å². The van der Waals surface area contributed by atoms with E-state index in [-0.39, 0.29) is 36.3 Å². The number of likely N-dealkylation sites (N-methyl/N-ethyl adjacent to an activating group) is 1. The van der Waals surface area contributed by atoms with Crippen LogP contribution < -0.4 is 16.0 Å². The normalized spacial score (nSPS) is 25.6. The average molecular weight is 564 g/mol. The number of aliphatic hydroxyl groups excluding tert-OH is 2. The van der Waals surface area contributed by atoms with Crippen LogP contribution in [0.2, 0.25) is 0 Å². The summed E-state index contributed by atoms with van der Waals surface area (Å²) in [6.45, 7) is 0.139. The van der Waals surface area contributed by atoms with Crippen LogP contribution >= 0.6 is 0 Å². The molecule has 1 aromatic heterocycles. The number of aliphatic hydroxyl groups is 3.